The molecule has 0 amide bonds. The Morgan fingerprint density at radius 2 is 1.84 bits per heavy atom. The van der Waals surface area contributed by atoms with Crippen LogP contribution < -0.4 is 10.5 Å². The summed E-state index contributed by atoms with van der Waals surface area (Å²) in [5.41, 5.74) is 8.58. The zero-order valence-corrected chi connectivity index (χ0v) is 13.3. The molecule has 19 heavy (non-hydrogen) atoms. The molecule has 0 saturated heterocycles. The molecule has 1 aromatic rings. The summed E-state index contributed by atoms with van der Waals surface area (Å²) >= 11 is 0. The highest BCUT2D eigenvalue weighted by atomic mass is 16.5. The van der Waals surface area contributed by atoms with Crippen molar-refractivity contribution in [2.24, 2.45) is 11.7 Å². The molecule has 0 aliphatic carbocycles. The minimum Gasteiger partial charge on any atom is -0.491 e. The van der Waals surface area contributed by atoms with Crippen molar-refractivity contribution in [3.8, 4) is 5.75 Å². The highest BCUT2D eigenvalue weighted by Crippen LogP contribution is 2.33. The summed E-state index contributed by atoms with van der Waals surface area (Å²) < 4.78 is 5.80. The Balaban J connectivity index is 3.04. The molecule has 1 rings (SSSR count). The number of benzene rings is 1. The Morgan fingerprint density at radius 1 is 1.21 bits per heavy atom. The molecule has 2 heteroatoms. The van der Waals surface area contributed by atoms with Crippen molar-refractivity contribution < 1.29 is 4.74 Å². The molecule has 0 fully saturated rings. The van der Waals surface area contributed by atoms with Crippen LogP contribution in [0.4, 0.5) is 0 Å². The van der Waals surface area contributed by atoms with Crippen molar-refractivity contribution in [1.29, 1.82) is 0 Å². The van der Waals surface area contributed by atoms with Crippen LogP contribution in [0, 0.1) is 12.8 Å². The van der Waals surface area contributed by atoms with Gasteiger partial charge in [-0.15, -0.1) is 0 Å². The van der Waals surface area contributed by atoms with Crippen molar-refractivity contribution in [3.05, 3.63) is 29.3 Å². The Bertz CT molecular complexity index is 412. The summed E-state index contributed by atoms with van der Waals surface area (Å²) in [6.07, 6.45) is 1.31. The van der Waals surface area contributed by atoms with Crippen LogP contribution in [-0.2, 0) is 5.41 Å². The van der Waals surface area contributed by atoms with Gasteiger partial charge in [-0.2, -0.15) is 0 Å². The van der Waals surface area contributed by atoms with Gasteiger partial charge in [-0.3, -0.25) is 0 Å². The summed E-state index contributed by atoms with van der Waals surface area (Å²) in [7, 11) is 0. The van der Waals surface area contributed by atoms with E-state index < -0.39 is 0 Å². The Hall–Kier alpha value is -1.02. The van der Waals surface area contributed by atoms with Gasteiger partial charge in [0.1, 0.15) is 5.75 Å². The molecular weight excluding hydrogens is 234 g/mol. The highest BCUT2D eigenvalue weighted by Gasteiger charge is 2.26. The molecule has 0 aromatic heterocycles. The van der Waals surface area contributed by atoms with Crippen LogP contribution in [0.3, 0.4) is 0 Å². The monoisotopic (exact) mass is 263 g/mol. The molecule has 1 unspecified atom stereocenters. The lowest BCUT2D eigenvalue weighted by Crippen LogP contribution is -2.33. The van der Waals surface area contributed by atoms with Crippen LogP contribution in [0.25, 0.3) is 0 Å². The first-order valence-corrected chi connectivity index (χ1v) is 7.26. The van der Waals surface area contributed by atoms with Gasteiger partial charge in [0.05, 0.1) is 6.10 Å². The summed E-state index contributed by atoms with van der Waals surface area (Å²) in [6.45, 7) is 13.6. The van der Waals surface area contributed by atoms with Gasteiger partial charge in [0.25, 0.3) is 0 Å². The fraction of sp³-hybridized carbons (Fsp3) is 0.647. The number of ether oxygens (including phenoxy) is 1. The second-order valence-corrected chi connectivity index (χ2v) is 6.51. The van der Waals surface area contributed by atoms with Gasteiger partial charge < -0.3 is 10.5 Å². The molecule has 1 aromatic carbocycles. The van der Waals surface area contributed by atoms with Crippen molar-refractivity contribution in [3.63, 3.8) is 0 Å². The summed E-state index contributed by atoms with van der Waals surface area (Å²) in [5.74, 6) is 1.61. The normalized spacial score (nSPS) is 14.8. The first-order chi connectivity index (χ1) is 8.78. The second kappa shape index (κ2) is 6.42. The van der Waals surface area contributed by atoms with Crippen LogP contribution in [0.15, 0.2) is 18.2 Å². The lowest BCUT2D eigenvalue weighted by atomic mass is 9.76. The van der Waals surface area contributed by atoms with Crippen molar-refractivity contribution in [1.82, 2.24) is 0 Å². The molecule has 0 aliphatic heterocycles. The second-order valence-electron chi connectivity index (χ2n) is 6.51. The third kappa shape index (κ3) is 4.24. The molecule has 0 heterocycles. The average Bonchev–Trinajstić information content (AvgIpc) is 2.30. The summed E-state index contributed by atoms with van der Waals surface area (Å²) in [5, 5.41) is 0. The van der Waals surface area contributed by atoms with Crippen molar-refractivity contribution in [2.75, 3.05) is 6.54 Å². The lowest BCUT2D eigenvalue weighted by Gasteiger charge is -2.31. The Kier molecular flexibility index (Phi) is 5.42. The van der Waals surface area contributed by atoms with E-state index in [1.807, 2.05) is 0 Å². The summed E-state index contributed by atoms with van der Waals surface area (Å²) in [4.78, 5) is 0. The molecule has 0 aliphatic rings. The predicted molar refractivity (Wildman–Crippen MR) is 82.8 cm³/mol. The topological polar surface area (TPSA) is 35.2 Å². The smallest absolute Gasteiger partial charge is 0.122 e. The van der Waals surface area contributed by atoms with Gasteiger partial charge in [0.2, 0.25) is 0 Å². The lowest BCUT2D eigenvalue weighted by molar-refractivity contribution is 0.240. The standard InChI is InChI=1S/C17H29NO/c1-12(2)10-17(6,11-18)15-7-8-16(14(5)9-15)19-13(3)4/h7-9,12-13H,10-11,18H2,1-6H3. The molecule has 0 radical (unpaired) electrons. The molecule has 2 nitrogen and oxygen atoms in total. The van der Waals surface area contributed by atoms with Crippen LogP contribution >= 0.6 is 0 Å². The fourth-order valence-corrected chi connectivity index (χ4v) is 2.63. The van der Waals surface area contributed by atoms with Gasteiger partial charge in [-0.1, -0.05) is 32.9 Å². The molecule has 2 N–H and O–H groups in total. The molecule has 0 saturated carbocycles. The Labute approximate surface area is 118 Å². The third-order valence-electron chi connectivity index (χ3n) is 3.54. The largest absolute Gasteiger partial charge is 0.491 e. The molecule has 0 bridgehead atoms. The van der Waals surface area contributed by atoms with E-state index in [4.69, 9.17) is 10.5 Å². The first kappa shape index (κ1) is 16.0. The zero-order valence-electron chi connectivity index (χ0n) is 13.3. The number of hydrogen-bond acceptors (Lipinski definition) is 2. The van der Waals surface area contributed by atoms with E-state index in [2.05, 4.69) is 59.7 Å². The molecule has 1 atom stereocenters. The van der Waals surface area contributed by atoms with Crippen LogP contribution in [-0.4, -0.2) is 12.6 Å². The van der Waals surface area contributed by atoms with E-state index in [-0.39, 0.29) is 11.5 Å². The number of rotatable bonds is 6. The van der Waals surface area contributed by atoms with Crippen LogP contribution in [0.2, 0.25) is 0 Å². The van der Waals surface area contributed by atoms with Gasteiger partial charge in [-0.25, -0.2) is 0 Å². The van der Waals surface area contributed by atoms with Crippen molar-refractivity contribution >= 4 is 0 Å². The van der Waals surface area contributed by atoms with Crippen LogP contribution in [0.1, 0.15) is 52.2 Å². The predicted octanol–water partition coefficient (Wildman–Crippen LogP) is 4.04. The third-order valence-corrected chi connectivity index (χ3v) is 3.54. The van der Waals surface area contributed by atoms with E-state index in [0.29, 0.717) is 12.5 Å². The zero-order chi connectivity index (χ0) is 14.6. The molecular formula is C17H29NO. The van der Waals surface area contributed by atoms with Crippen LogP contribution in [0.5, 0.6) is 5.75 Å². The highest BCUT2D eigenvalue weighted by molar-refractivity contribution is 5.39. The minimum absolute atomic E-state index is 0.0509. The number of nitrogens with two attached hydrogens (primary N) is 1. The quantitative estimate of drug-likeness (QED) is 0.840. The van der Waals surface area contributed by atoms with E-state index in [1.165, 1.54) is 11.1 Å². The van der Waals surface area contributed by atoms with Crippen molar-refractivity contribution in [2.45, 2.75) is 59.5 Å². The van der Waals surface area contributed by atoms with Gasteiger partial charge >= 0.3 is 0 Å². The first-order valence-electron chi connectivity index (χ1n) is 7.26. The van der Waals surface area contributed by atoms with E-state index in [1.54, 1.807) is 0 Å². The SMILES string of the molecule is Cc1cc(C(C)(CN)CC(C)C)ccc1OC(C)C. The minimum atomic E-state index is 0.0509. The maximum Gasteiger partial charge on any atom is 0.122 e. The van der Waals surface area contributed by atoms with Gasteiger partial charge in [0, 0.05) is 12.0 Å². The maximum absolute atomic E-state index is 6.02. The maximum atomic E-state index is 6.02. The van der Waals surface area contributed by atoms with E-state index in [9.17, 15) is 0 Å². The summed E-state index contributed by atoms with van der Waals surface area (Å²) in [6, 6.07) is 6.48. The molecule has 108 valence electrons. The van der Waals surface area contributed by atoms with Gasteiger partial charge in [0.15, 0.2) is 0 Å². The van der Waals surface area contributed by atoms with E-state index in [0.717, 1.165) is 12.2 Å². The van der Waals surface area contributed by atoms with E-state index >= 15 is 0 Å². The number of aryl methyl sites for hydroxylation is 1. The number of hydrogen-bond donors (Lipinski definition) is 1. The van der Waals surface area contributed by atoms with Gasteiger partial charge in [-0.05, 0) is 50.3 Å². The fourth-order valence-electron chi connectivity index (χ4n) is 2.63. The average molecular weight is 263 g/mol. The Morgan fingerprint density at radius 3 is 2.26 bits per heavy atom. The molecule has 0 spiro atoms.